The summed E-state index contributed by atoms with van der Waals surface area (Å²) < 4.78 is 0. The third kappa shape index (κ3) is 4.60. The van der Waals surface area contributed by atoms with E-state index < -0.39 is 0 Å². The average molecular weight is 302 g/mol. The molecule has 0 amide bonds. The van der Waals surface area contributed by atoms with E-state index in [0.29, 0.717) is 16.2 Å². The SMILES string of the molecule is CCCN(Cc1cnc(Cl)cc1Cl)CC1CCCN1. The molecule has 1 aliphatic rings. The zero-order chi connectivity index (χ0) is 13.7. The fraction of sp³-hybridized carbons (Fsp3) is 0.643. The first kappa shape index (κ1) is 15.0. The van der Waals surface area contributed by atoms with Crippen LogP contribution in [0.5, 0.6) is 0 Å². The molecule has 0 radical (unpaired) electrons. The lowest BCUT2D eigenvalue weighted by molar-refractivity contribution is 0.241. The van der Waals surface area contributed by atoms with Gasteiger partial charge in [0.05, 0.1) is 0 Å². The number of nitrogens with zero attached hydrogens (tertiary/aromatic N) is 2. The summed E-state index contributed by atoms with van der Waals surface area (Å²) in [6.45, 7) is 6.35. The highest BCUT2D eigenvalue weighted by Crippen LogP contribution is 2.20. The van der Waals surface area contributed by atoms with E-state index in [-0.39, 0.29) is 0 Å². The number of pyridine rings is 1. The minimum atomic E-state index is 0.452. The fourth-order valence-electron chi connectivity index (χ4n) is 2.57. The molecule has 3 nitrogen and oxygen atoms in total. The first-order valence-corrected chi connectivity index (χ1v) is 7.70. The molecule has 2 rings (SSSR count). The van der Waals surface area contributed by atoms with E-state index in [1.807, 2.05) is 0 Å². The second kappa shape index (κ2) is 7.44. The van der Waals surface area contributed by atoms with Crippen molar-refractivity contribution in [3.05, 3.63) is 28.0 Å². The first-order chi connectivity index (χ1) is 9.19. The molecule has 0 aromatic carbocycles. The van der Waals surface area contributed by atoms with Crippen molar-refractivity contribution in [2.24, 2.45) is 0 Å². The van der Waals surface area contributed by atoms with E-state index in [9.17, 15) is 0 Å². The van der Waals surface area contributed by atoms with Gasteiger partial charge in [0.25, 0.3) is 0 Å². The summed E-state index contributed by atoms with van der Waals surface area (Å²) in [6.07, 6.45) is 5.49. The lowest BCUT2D eigenvalue weighted by atomic mass is 10.2. The van der Waals surface area contributed by atoms with Gasteiger partial charge in [-0.1, -0.05) is 30.1 Å². The number of halogens is 2. The van der Waals surface area contributed by atoms with Crippen molar-refractivity contribution in [1.82, 2.24) is 15.2 Å². The van der Waals surface area contributed by atoms with Crippen molar-refractivity contribution in [1.29, 1.82) is 0 Å². The van der Waals surface area contributed by atoms with Gasteiger partial charge in [-0.2, -0.15) is 0 Å². The van der Waals surface area contributed by atoms with Gasteiger partial charge < -0.3 is 5.32 Å². The maximum atomic E-state index is 6.22. The Hall–Kier alpha value is -0.350. The lowest BCUT2D eigenvalue weighted by Gasteiger charge is -2.25. The zero-order valence-electron chi connectivity index (χ0n) is 11.3. The van der Waals surface area contributed by atoms with E-state index in [0.717, 1.165) is 38.2 Å². The van der Waals surface area contributed by atoms with Crippen LogP contribution in [0.3, 0.4) is 0 Å². The molecule has 1 aliphatic heterocycles. The van der Waals surface area contributed by atoms with Crippen LogP contribution in [0.2, 0.25) is 10.2 Å². The lowest BCUT2D eigenvalue weighted by Crippen LogP contribution is -2.37. The van der Waals surface area contributed by atoms with Crippen LogP contribution < -0.4 is 5.32 Å². The van der Waals surface area contributed by atoms with Gasteiger partial charge >= 0.3 is 0 Å². The van der Waals surface area contributed by atoms with Gasteiger partial charge in [-0.3, -0.25) is 4.90 Å². The molecule has 1 atom stereocenters. The van der Waals surface area contributed by atoms with Crippen LogP contribution >= 0.6 is 23.2 Å². The van der Waals surface area contributed by atoms with Gasteiger partial charge in [-0.05, 0) is 38.4 Å². The minimum absolute atomic E-state index is 0.452. The van der Waals surface area contributed by atoms with E-state index >= 15 is 0 Å². The van der Waals surface area contributed by atoms with Crippen LogP contribution in [0.25, 0.3) is 0 Å². The highest BCUT2D eigenvalue weighted by Gasteiger charge is 2.18. The van der Waals surface area contributed by atoms with Crippen LogP contribution in [0, 0.1) is 0 Å². The second-order valence-corrected chi connectivity index (χ2v) is 5.92. The number of aromatic nitrogens is 1. The summed E-state index contributed by atoms with van der Waals surface area (Å²) in [5.74, 6) is 0. The van der Waals surface area contributed by atoms with Gasteiger partial charge in [0, 0.05) is 35.9 Å². The molecule has 1 N–H and O–H groups in total. The molecule has 5 heteroatoms. The molecule has 0 aliphatic carbocycles. The smallest absolute Gasteiger partial charge is 0.130 e. The summed E-state index contributed by atoms with van der Waals surface area (Å²) in [4.78, 5) is 6.57. The van der Waals surface area contributed by atoms with Gasteiger partial charge in [-0.25, -0.2) is 4.98 Å². The molecule has 1 aromatic heterocycles. The number of hydrogen-bond donors (Lipinski definition) is 1. The van der Waals surface area contributed by atoms with E-state index in [2.05, 4.69) is 22.1 Å². The van der Waals surface area contributed by atoms with Gasteiger partial charge in [-0.15, -0.1) is 0 Å². The molecule has 106 valence electrons. The molecule has 1 saturated heterocycles. The van der Waals surface area contributed by atoms with Crippen LogP contribution in [0.1, 0.15) is 31.7 Å². The van der Waals surface area contributed by atoms with Crippen molar-refractivity contribution in [3.8, 4) is 0 Å². The van der Waals surface area contributed by atoms with E-state index in [4.69, 9.17) is 23.2 Å². The Bertz CT molecular complexity index is 406. The summed E-state index contributed by atoms with van der Waals surface area (Å²) in [6, 6.07) is 2.33. The van der Waals surface area contributed by atoms with Crippen molar-refractivity contribution in [2.75, 3.05) is 19.6 Å². The molecule has 0 spiro atoms. The highest BCUT2D eigenvalue weighted by atomic mass is 35.5. The zero-order valence-corrected chi connectivity index (χ0v) is 12.8. The Morgan fingerprint density at radius 2 is 2.32 bits per heavy atom. The molecule has 0 saturated carbocycles. The minimum Gasteiger partial charge on any atom is -0.313 e. The second-order valence-electron chi connectivity index (χ2n) is 5.13. The maximum absolute atomic E-state index is 6.22. The van der Waals surface area contributed by atoms with Gasteiger partial charge in [0.2, 0.25) is 0 Å². The predicted molar refractivity (Wildman–Crippen MR) is 80.8 cm³/mol. The van der Waals surface area contributed by atoms with Crippen LogP contribution in [0.4, 0.5) is 0 Å². The molecular formula is C14H21Cl2N3. The molecule has 19 heavy (non-hydrogen) atoms. The third-order valence-corrected chi connectivity index (χ3v) is 4.03. The highest BCUT2D eigenvalue weighted by molar-refractivity contribution is 6.34. The molecule has 1 unspecified atom stereocenters. The summed E-state index contributed by atoms with van der Waals surface area (Å²) in [5.41, 5.74) is 1.05. The maximum Gasteiger partial charge on any atom is 0.130 e. The normalized spacial score (nSPS) is 19.3. The Morgan fingerprint density at radius 3 is 2.95 bits per heavy atom. The monoisotopic (exact) mass is 301 g/mol. The van der Waals surface area contributed by atoms with Crippen molar-refractivity contribution in [3.63, 3.8) is 0 Å². The number of hydrogen-bond acceptors (Lipinski definition) is 3. The Balaban J connectivity index is 1.98. The molecule has 0 bridgehead atoms. The largest absolute Gasteiger partial charge is 0.313 e. The van der Waals surface area contributed by atoms with Gasteiger partial charge in [0.15, 0.2) is 0 Å². The fourth-order valence-corrected chi connectivity index (χ4v) is 2.99. The Labute approximate surface area is 125 Å². The van der Waals surface area contributed by atoms with Crippen molar-refractivity contribution in [2.45, 2.75) is 38.8 Å². The van der Waals surface area contributed by atoms with Crippen molar-refractivity contribution < 1.29 is 0 Å². The molecule has 2 heterocycles. The standard InChI is InChI=1S/C14H21Cl2N3/c1-2-6-19(10-12-4-3-5-17-12)9-11-8-18-14(16)7-13(11)15/h7-8,12,17H,2-6,9-10H2,1H3. The molecule has 1 aromatic rings. The van der Waals surface area contributed by atoms with E-state index in [1.165, 1.54) is 12.8 Å². The summed E-state index contributed by atoms with van der Waals surface area (Å²) in [5, 5.41) is 4.70. The van der Waals surface area contributed by atoms with Crippen LogP contribution in [0.15, 0.2) is 12.3 Å². The molecule has 1 fully saturated rings. The van der Waals surface area contributed by atoms with Crippen LogP contribution in [-0.2, 0) is 6.54 Å². The Morgan fingerprint density at radius 1 is 1.47 bits per heavy atom. The third-order valence-electron chi connectivity index (χ3n) is 3.47. The first-order valence-electron chi connectivity index (χ1n) is 6.94. The van der Waals surface area contributed by atoms with Crippen LogP contribution in [-0.4, -0.2) is 35.6 Å². The summed E-state index contributed by atoms with van der Waals surface area (Å²) in [7, 11) is 0. The number of rotatable bonds is 6. The topological polar surface area (TPSA) is 28.2 Å². The predicted octanol–water partition coefficient (Wildman–Crippen LogP) is 3.35. The van der Waals surface area contributed by atoms with Gasteiger partial charge in [0.1, 0.15) is 5.15 Å². The Kier molecular flexibility index (Phi) is 5.89. The van der Waals surface area contributed by atoms with Crippen molar-refractivity contribution >= 4 is 23.2 Å². The average Bonchev–Trinajstić information content (AvgIpc) is 2.86. The van der Waals surface area contributed by atoms with E-state index in [1.54, 1.807) is 12.3 Å². The quantitative estimate of drug-likeness (QED) is 0.817. The summed E-state index contributed by atoms with van der Waals surface area (Å²) >= 11 is 12.1. The number of nitrogens with one attached hydrogen (secondary N) is 1. The molecular weight excluding hydrogens is 281 g/mol.